The van der Waals surface area contributed by atoms with Crippen molar-refractivity contribution >= 4 is 39.7 Å². The quantitative estimate of drug-likeness (QED) is 0.0959. The van der Waals surface area contributed by atoms with Crippen molar-refractivity contribution in [3.63, 3.8) is 0 Å². The lowest BCUT2D eigenvalue weighted by Crippen LogP contribution is -2.52. The Morgan fingerprint density at radius 3 is 1.85 bits per heavy atom. The molecular formula is C42H52FN7O9S2Si. The van der Waals surface area contributed by atoms with Crippen molar-refractivity contribution in [2.75, 3.05) is 45.1 Å². The third-order valence-corrected chi connectivity index (χ3v) is 16.5. The summed E-state index contributed by atoms with van der Waals surface area (Å²) in [6.45, 7) is 5.49. The first-order valence-corrected chi connectivity index (χ1v) is 26.7. The number of halogens is 1. The molecule has 20 heteroatoms. The van der Waals surface area contributed by atoms with E-state index in [0.717, 1.165) is 0 Å². The van der Waals surface area contributed by atoms with E-state index >= 15 is 12.8 Å². The fourth-order valence-corrected chi connectivity index (χ4v) is 13.9. The largest absolute Gasteiger partial charge is 0.497 e. The highest BCUT2D eigenvalue weighted by molar-refractivity contribution is 7.93. The number of carboxylic acid groups (broad SMARTS) is 1. The minimum absolute atomic E-state index is 0.0309. The van der Waals surface area contributed by atoms with E-state index in [9.17, 15) is 18.3 Å². The number of tetrazole rings is 1. The number of ether oxygens (including phenoxy) is 3. The topological polar surface area (TPSA) is 195 Å². The fourth-order valence-electron chi connectivity index (χ4n) is 7.15. The highest BCUT2D eigenvalue weighted by atomic mass is 32.2. The molecule has 0 unspecified atom stereocenters. The summed E-state index contributed by atoms with van der Waals surface area (Å²) in [7, 11) is -6.64. The summed E-state index contributed by atoms with van der Waals surface area (Å²) < 4.78 is 96.0. The van der Waals surface area contributed by atoms with Gasteiger partial charge in [0, 0.05) is 33.4 Å². The van der Waals surface area contributed by atoms with Gasteiger partial charge in [-0.05, 0) is 88.1 Å². The Bertz CT molecular complexity index is 2510. The van der Waals surface area contributed by atoms with Crippen LogP contribution in [0.5, 0.6) is 17.2 Å². The maximum Gasteiger partial charge on any atom is 0.404 e. The third kappa shape index (κ3) is 10.9. The van der Waals surface area contributed by atoms with Crippen LogP contribution in [0, 0.1) is 0 Å². The molecule has 2 N–H and O–H groups in total. The van der Waals surface area contributed by atoms with Gasteiger partial charge in [0.2, 0.25) is 10.0 Å². The molecule has 4 aromatic carbocycles. The monoisotopic (exact) mass is 909 g/mol. The number of methoxy groups -OCH3 is 3. The third-order valence-electron chi connectivity index (χ3n) is 10.6. The van der Waals surface area contributed by atoms with Crippen LogP contribution in [-0.2, 0) is 39.5 Å². The molecule has 0 aliphatic carbocycles. The van der Waals surface area contributed by atoms with Crippen molar-refractivity contribution in [1.29, 1.82) is 0 Å². The van der Waals surface area contributed by atoms with Crippen LogP contribution in [-0.4, -0.2) is 113 Å². The number of rotatable bonds is 18. The van der Waals surface area contributed by atoms with Gasteiger partial charge in [-0.25, -0.2) is 30.7 Å². The molecule has 0 saturated carbocycles. The Hall–Kier alpha value is -5.57. The van der Waals surface area contributed by atoms with Crippen molar-refractivity contribution in [2.45, 2.75) is 73.7 Å². The summed E-state index contributed by atoms with van der Waals surface area (Å²) in [4.78, 5) is 12.1. The lowest BCUT2D eigenvalue weighted by molar-refractivity contribution is 0.168. The second-order valence-electron chi connectivity index (χ2n) is 16.2. The maximum atomic E-state index is 15.9. The van der Waals surface area contributed by atoms with E-state index in [4.69, 9.17) is 14.2 Å². The van der Waals surface area contributed by atoms with Gasteiger partial charge in [0.25, 0.3) is 0 Å². The van der Waals surface area contributed by atoms with Crippen LogP contribution in [0.1, 0.15) is 23.1 Å². The predicted molar refractivity (Wildman–Crippen MR) is 235 cm³/mol. The number of benzene rings is 4. The Morgan fingerprint density at radius 1 is 0.839 bits per heavy atom. The average molecular weight is 910 g/mol. The number of hydrogen-bond donors (Lipinski definition) is 2. The Kier molecular flexibility index (Phi) is 14.2. The van der Waals surface area contributed by atoms with E-state index < -0.39 is 56.0 Å². The number of sulfone groups is 1. The second kappa shape index (κ2) is 19.2. The number of alkyl halides is 1. The molecule has 0 radical (unpaired) electrons. The number of piperidine rings is 1. The van der Waals surface area contributed by atoms with Crippen LogP contribution in [0.4, 0.5) is 14.9 Å². The van der Waals surface area contributed by atoms with Crippen LogP contribution in [0.3, 0.4) is 0 Å². The van der Waals surface area contributed by atoms with E-state index in [-0.39, 0.29) is 62.0 Å². The summed E-state index contributed by atoms with van der Waals surface area (Å²) >= 11 is 0. The van der Waals surface area contributed by atoms with E-state index in [0.29, 0.717) is 40.0 Å². The Labute approximate surface area is 362 Å². The molecule has 0 bridgehead atoms. The van der Waals surface area contributed by atoms with Crippen molar-refractivity contribution in [1.82, 2.24) is 29.8 Å². The van der Waals surface area contributed by atoms with Gasteiger partial charge in [-0.1, -0.05) is 56.0 Å². The molecule has 5 aromatic rings. The lowest BCUT2D eigenvalue weighted by Gasteiger charge is -2.37. The zero-order valence-corrected chi connectivity index (χ0v) is 38.1. The molecule has 1 aliphatic heterocycles. The predicted octanol–water partition coefficient (Wildman–Crippen LogP) is 6.10. The number of sulfonamides is 1. The van der Waals surface area contributed by atoms with Gasteiger partial charge in [-0.2, -0.15) is 4.31 Å². The number of amides is 1. The molecule has 6 rings (SSSR count). The van der Waals surface area contributed by atoms with E-state index in [2.05, 4.69) is 20.8 Å². The summed E-state index contributed by atoms with van der Waals surface area (Å²) in [6.07, 6.45) is -3.05. The number of nitrogens with one attached hydrogen (secondary N) is 1. The zero-order chi connectivity index (χ0) is 44.8. The average Bonchev–Trinajstić information content (AvgIpc) is 3.71. The molecule has 2 atom stereocenters. The van der Waals surface area contributed by atoms with Crippen molar-refractivity contribution in [3.05, 3.63) is 102 Å². The molecule has 1 saturated heterocycles. The van der Waals surface area contributed by atoms with Gasteiger partial charge in [0.1, 0.15) is 28.3 Å². The van der Waals surface area contributed by atoms with Gasteiger partial charge < -0.3 is 29.5 Å². The number of hydrogen-bond acceptors (Lipinski definition) is 12. The molecule has 62 heavy (non-hydrogen) atoms. The zero-order valence-electron chi connectivity index (χ0n) is 35.5. The molecule has 16 nitrogen and oxygen atoms in total. The van der Waals surface area contributed by atoms with E-state index in [1.165, 1.54) is 42.4 Å². The van der Waals surface area contributed by atoms with Crippen LogP contribution >= 0.6 is 0 Å². The number of aromatic nitrogens is 4. The smallest absolute Gasteiger partial charge is 0.404 e. The second-order valence-corrected chi connectivity index (χ2v) is 25.8. The minimum atomic E-state index is -4.89. The molecular weight excluding hydrogens is 858 g/mol. The summed E-state index contributed by atoms with van der Waals surface area (Å²) in [5.74, 6) is 1.32. The highest BCUT2D eigenvalue weighted by Crippen LogP contribution is 2.43. The van der Waals surface area contributed by atoms with Crippen LogP contribution in [0.25, 0.3) is 11.4 Å². The van der Waals surface area contributed by atoms with Crippen LogP contribution < -0.4 is 24.4 Å². The minimum Gasteiger partial charge on any atom is -0.497 e. The molecule has 1 amide bonds. The van der Waals surface area contributed by atoms with E-state index in [1.54, 1.807) is 77.7 Å². The van der Waals surface area contributed by atoms with Gasteiger partial charge in [-0.3, -0.25) is 0 Å². The Morgan fingerprint density at radius 2 is 1.37 bits per heavy atom. The first-order chi connectivity index (χ1) is 29.4. The van der Waals surface area contributed by atoms with Gasteiger partial charge in [0.15, 0.2) is 15.7 Å². The van der Waals surface area contributed by atoms with Crippen LogP contribution in [0.2, 0.25) is 25.7 Å². The Balaban J connectivity index is 1.63. The summed E-state index contributed by atoms with van der Waals surface area (Å²) in [6, 6.07) is 22.9. The first kappa shape index (κ1) is 45.9. The van der Waals surface area contributed by atoms with Gasteiger partial charge in [0.05, 0.1) is 56.7 Å². The fraction of sp³-hybridized carbons (Fsp3) is 0.381. The highest BCUT2D eigenvalue weighted by Gasteiger charge is 2.40. The van der Waals surface area contributed by atoms with Crippen LogP contribution in [0.15, 0.2) is 94.7 Å². The molecule has 332 valence electrons. The van der Waals surface area contributed by atoms with Crippen molar-refractivity contribution < 1.29 is 45.3 Å². The number of anilines is 1. The number of nitrogens with zero attached hydrogens (tertiary/aromatic N) is 6. The standard InChI is InChI=1S/C42H52FN7O9S2Si/c1-57-32-13-7-29(8-14-32)25-49(26-30-9-15-33(58-2)16-10-30)61(55,56)40-38(60(53,54)23-24-62(4,5)6)20-19-37(48-22-21-36(35(43)28-48)44-42(51)52)39(40)41-45-46-47-50(41)27-31-11-17-34(59-3)18-12-31/h7-20,35-36,44H,21-28H2,1-6H3,(H,51,52)/t35-,36+/m0/s1. The maximum absolute atomic E-state index is 15.9. The lowest BCUT2D eigenvalue weighted by atomic mass is 10.0. The number of carbonyl (C=O) groups is 1. The molecule has 0 spiro atoms. The molecule has 1 aliphatic rings. The molecule has 2 heterocycles. The van der Waals surface area contributed by atoms with Gasteiger partial charge >= 0.3 is 6.09 Å². The van der Waals surface area contributed by atoms with Crippen molar-refractivity contribution in [2.24, 2.45) is 0 Å². The SMILES string of the molecule is COc1ccc(CN(Cc2ccc(OC)cc2)S(=O)(=O)c2c(S(=O)(=O)CC[Si](C)(C)C)ccc(N3CC[C@@H](NC(=O)O)[C@@H](F)C3)c2-c2nnnn2Cc2ccc(OC)cc2)cc1. The van der Waals surface area contributed by atoms with E-state index in [1.807, 2.05) is 19.6 Å². The first-order valence-electron chi connectivity index (χ1n) is 19.9. The molecule has 1 fully saturated rings. The summed E-state index contributed by atoms with van der Waals surface area (Å²) in [5, 5.41) is 24.2. The normalized spacial score (nSPS) is 16.0. The van der Waals surface area contributed by atoms with Gasteiger partial charge in [-0.15, -0.1) is 5.10 Å². The molecule has 1 aromatic heterocycles. The van der Waals surface area contributed by atoms with Crippen molar-refractivity contribution in [3.8, 4) is 28.6 Å². The summed E-state index contributed by atoms with van der Waals surface area (Å²) in [5.41, 5.74) is 1.91.